The molecule has 1 heterocycles. The summed E-state index contributed by atoms with van der Waals surface area (Å²) in [6, 6.07) is 6.71. The maximum Gasteiger partial charge on any atom is 0.328 e. The Morgan fingerprint density at radius 3 is 2.89 bits per heavy atom. The number of hydrogen-bond acceptors (Lipinski definition) is 3. The molecule has 0 radical (unpaired) electrons. The highest BCUT2D eigenvalue weighted by atomic mass is 35.5. The first-order valence-corrected chi connectivity index (χ1v) is 6.09. The van der Waals surface area contributed by atoms with Crippen LogP contribution in [0.3, 0.4) is 0 Å². The molecule has 2 N–H and O–H groups in total. The SMILES string of the molecule is CCn1c(C(N)C(=O)OC)cc2c(Cl)cccc21. The molecule has 0 aliphatic heterocycles. The van der Waals surface area contributed by atoms with Gasteiger partial charge in [-0.15, -0.1) is 0 Å². The van der Waals surface area contributed by atoms with Gasteiger partial charge in [-0.2, -0.15) is 0 Å². The van der Waals surface area contributed by atoms with Crippen LogP contribution in [0.25, 0.3) is 10.9 Å². The van der Waals surface area contributed by atoms with E-state index in [-0.39, 0.29) is 0 Å². The fourth-order valence-electron chi connectivity index (χ4n) is 2.13. The third kappa shape index (κ3) is 1.98. The zero-order valence-corrected chi connectivity index (χ0v) is 11.1. The van der Waals surface area contributed by atoms with Gasteiger partial charge in [0.1, 0.15) is 6.04 Å². The Kier molecular flexibility index (Phi) is 3.59. The summed E-state index contributed by atoms with van der Waals surface area (Å²) in [5.74, 6) is -0.455. The standard InChI is InChI=1S/C13H15ClN2O2/c1-3-16-10-6-4-5-9(14)8(10)7-11(16)12(15)13(17)18-2/h4-7,12H,3,15H2,1-2H3. The van der Waals surface area contributed by atoms with Gasteiger partial charge in [0.2, 0.25) is 0 Å². The molecule has 2 rings (SSSR count). The van der Waals surface area contributed by atoms with Crippen LogP contribution in [0.15, 0.2) is 24.3 Å². The van der Waals surface area contributed by atoms with Crippen LogP contribution in [-0.2, 0) is 16.1 Å². The lowest BCUT2D eigenvalue weighted by Crippen LogP contribution is -2.25. The summed E-state index contributed by atoms with van der Waals surface area (Å²) in [5.41, 5.74) is 7.59. The van der Waals surface area contributed by atoms with Crippen LogP contribution in [0.2, 0.25) is 5.02 Å². The Balaban J connectivity index is 2.64. The summed E-state index contributed by atoms with van der Waals surface area (Å²) in [6.45, 7) is 2.71. The number of halogens is 1. The van der Waals surface area contributed by atoms with Gasteiger partial charge in [0.25, 0.3) is 0 Å². The van der Waals surface area contributed by atoms with E-state index in [4.69, 9.17) is 17.3 Å². The first-order chi connectivity index (χ1) is 8.60. The normalized spacial score (nSPS) is 12.7. The van der Waals surface area contributed by atoms with E-state index in [1.54, 1.807) is 0 Å². The molecule has 1 aromatic heterocycles. The second-order valence-corrected chi connectivity index (χ2v) is 4.39. The van der Waals surface area contributed by atoms with Crippen molar-refractivity contribution in [2.24, 2.45) is 5.73 Å². The molecule has 0 bridgehead atoms. The van der Waals surface area contributed by atoms with Crippen molar-refractivity contribution in [3.05, 3.63) is 35.0 Å². The first kappa shape index (κ1) is 12.9. The minimum atomic E-state index is -0.793. The lowest BCUT2D eigenvalue weighted by molar-refractivity contribution is -0.142. The van der Waals surface area contributed by atoms with E-state index in [0.717, 1.165) is 10.9 Å². The molecule has 96 valence electrons. The summed E-state index contributed by atoms with van der Waals surface area (Å²) in [5, 5.41) is 1.55. The summed E-state index contributed by atoms with van der Waals surface area (Å²) in [7, 11) is 1.33. The molecule has 0 spiro atoms. The molecule has 0 aliphatic carbocycles. The minimum absolute atomic E-state index is 0.455. The predicted octanol–water partition coefficient (Wildman–Crippen LogP) is 2.49. The van der Waals surface area contributed by atoms with Crippen LogP contribution in [0.5, 0.6) is 0 Å². The molecule has 18 heavy (non-hydrogen) atoms. The number of methoxy groups -OCH3 is 1. The van der Waals surface area contributed by atoms with Gasteiger partial charge in [0, 0.05) is 28.2 Å². The highest BCUT2D eigenvalue weighted by molar-refractivity contribution is 6.35. The van der Waals surface area contributed by atoms with Crippen LogP contribution >= 0.6 is 11.6 Å². The predicted molar refractivity (Wildman–Crippen MR) is 71.6 cm³/mol. The number of rotatable bonds is 3. The zero-order valence-electron chi connectivity index (χ0n) is 10.3. The monoisotopic (exact) mass is 266 g/mol. The lowest BCUT2D eigenvalue weighted by atomic mass is 10.2. The van der Waals surface area contributed by atoms with Gasteiger partial charge in [0.05, 0.1) is 7.11 Å². The lowest BCUT2D eigenvalue weighted by Gasteiger charge is -2.12. The molecule has 0 saturated heterocycles. The third-order valence-corrected chi connectivity index (χ3v) is 3.34. The fraction of sp³-hybridized carbons (Fsp3) is 0.308. The molecule has 1 aromatic carbocycles. The van der Waals surface area contributed by atoms with Crippen molar-refractivity contribution >= 4 is 28.5 Å². The van der Waals surface area contributed by atoms with E-state index in [0.29, 0.717) is 17.3 Å². The van der Waals surface area contributed by atoms with Crippen molar-refractivity contribution in [3.8, 4) is 0 Å². The van der Waals surface area contributed by atoms with Gasteiger partial charge in [0.15, 0.2) is 0 Å². The first-order valence-electron chi connectivity index (χ1n) is 5.71. The molecular weight excluding hydrogens is 252 g/mol. The molecule has 0 aliphatic rings. The average Bonchev–Trinajstić information content (AvgIpc) is 2.76. The summed E-state index contributed by atoms with van der Waals surface area (Å²) in [4.78, 5) is 11.5. The number of aryl methyl sites for hydroxylation is 1. The number of benzene rings is 1. The number of nitrogens with two attached hydrogens (primary N) is 1. The van der Waals surface area contributed by atoms with Crippen LogP contribution in [-0.4, -0.2) is 17.6 Å². The van der Waals surface area contributed by atoms with Crippen molar-refractivity contribution in [2.75, 3.05) is 7.11 Å². The second-order valence-electron chi connectivity index (χ2n) is 3.99. The molecular formula is C13H15ClN2O2. The molecule has 4 nitrogen and oxygen atoms in total. The molecule has 5 heteroatoms. The highest BCUT2D eigenvalue weighted by Gasteiger charge is 2.22. The number of nitrogens with zero attached hydrogens (tertiary/aromatic N) is 1. The third-order valence-electron chi connectivity index (χ3n) is 3.01. The highest BCUT2D eigenvalue weighted by Crippen LogP contribution is 2.29. The topological polar surface area (TPSA) is 57.2 Å². The van der Waals surface area contributed by atoms with E-state index < -0.39 is 12.0 Å². The molecule has 0 amide bonds. The Labute approximate surface area is 110 Å². The van der Waals surface area contributed by atoms with Crippen molar-refractivity contribution in [2.45, 2.75) is 19.5 Å². The molecule has 2 aromatic rings. The zero-order chi connectivity index (χ0) is 13.3. The van der Waals surface area contributed by atoms with E-state index in [2.05, 4.69) is 4.74 Å². The number of carbonyl (C=O) groups excluding carboxylic acids is 1. The van der Waals surface area contributed by atoms with E-state index in [9.17, 15) is 4.79 Å². The summed E-state index contributed by atoms with van der Waals surface area (Å²) in [6.07, 6.45) is 0. The summed E-state index contributed by atoms with van der Waals surface area (Å²) >= 11 is 6.15. The van der Waals surface area contributed by atoms with Crippen LogP contribution in [0.1, 0.15) is 18.7 Å². The largest absolute Gasteiger partial charge is 0.468 e. The van der Waals surface area contributed by atoms with Crippen molar-refractivity contribution in [1.82, 2.24) is 4.57 Å². The van der Waals surface area contributed by atoms with Gasteiger partial charge in [-0.05, 0) is 25.1 Å². The Hall–Kier alpha value is -1.52. The van der Waals surface area contributed by atoms with Gasteiger partial charge in [-0.25, -0.2) is 4.79 Å². The van der Waals surface area contributed by atoms with Gasteiger partial charge >= 0.3 is 5.97 Å². The number of hydrogen-bond donors (Lipinski definition) is 1. The maximum atomic E-state index is 11.5. The van der Waals surface area contributed by atoms with E-state index >= 15 is 0 Å². The van der Waals surface area contributed by atoms with Crippen molar-refractivity contribution in [3.63, 3.8) is 0 Å². The summed E-state index contributed by atoms with van der Waals surface area (Å²) < 4.78 is 6.66. The Bertz CT molecular complexity index is 592. The van der Waals surface area contributed by atoms with E-state index in [1.807, 2.05) is 35.8 Å². The molecule has 1 atom stereocenters. The number of aromatic nitrogens is 1. The van der Waals surface area contributed by atoms with Gasteiger partial charge < -0.3 is 15.0 Å². The van der Waals surface area contributed by atoms with Gasteiger partial charge in [-0.3, -0.25) is 0 Å². The minimum Gasteiger partial charge on any atom is -0.468 e. The van der Waals surface area contributed by atoms with Crippen LogP contribution < -0.4 is 5.73 Å². The maximum absolute atomic E-state index is 11.5. The molecule has 1 unspecified atom stereocenters. The van der Waals surface area contributed by atoms with Crippen molar-refractivity contribution in [1.29, 1.82) is 0 Å². The molecule has 0 fully saturated rings. The second kappa shape index (κ2) is 5.00. The smallest absolute Gasteiger partial charge is 0.328 e. The Morgan fingerprint density at radius 1 is 1.56 bits per heavy atom. The quantitative estimate of drug-likeness (QED) is 0.869. The number of esters is 1. The van der Waals surface area contributed by atoms with E-state index in [1.165, 1.54) is 7.11 Å². The van der Waals surface area contributed by atoms with Gasteiger partial charge in [-0.1, -0.05) is 17.7 Å². The number of ether oxygens (including phenoxy) is 1. The number of fused-ring (bicyclic) bond motifs is 1. The fourth-order valence-corrected chi connectivity index (χ4v) is 2.35. The number of carbonyl (C=O) groups is 1. The Morgan fingerprint density at radius 2 is 2.28 bits per heavy atom. The average molecular weight is 267 g/mol. The van der Waals surface area contributed by atoms with Crippen LogP contribution in [0, 0.1) is 0 Å². The van der Waals surface area contributed by atoms with Crippen molar-refractivity contribution < 1.29 is 9.53 Å². The van der Waals surface area contributed by atoms with Crippen LogP contribution in [0.4, 0.5) is 0 Å². The molecule has 0 saturated carbocycles.